The van der Waals surface area contributed by atoms with Crippen LogP contribution in [0.2, 0.25) is 0 Å². The summed E-state index contributed by atoms with van der Waals surface area (Å²) in [5, 5.41) is 3.17. The summed E-state index contributed by atoms with van der Waals surface area (Å²) in [7, 11) is 0. The number of amides is 2. The molecule has 0 saturated carbocycles. The smallest absolute Gasteiger partial charge is 0.410 e. The van der Waals surface area contributed by atoms with Crippen molar-refractivity contribution in [2.75, 3.05) is 6.54 Å². The average Bonchev–Trinajstić information content (AvgIpc) is 2.94. The van der Waals surface area contributed by atoms with Gasteiger partial charge in [0.2, 0.25) is 5.91 Å². The highest BCUT2D eigenvalue weighted by Crippen LogP contribution is 2.32. The van der Waals surface area contributed by atoms with Crippen LogP contribution >= 0.6 is 0 Å². The van der Waals surface area contributed by atoms with Gasteiger partial charge in [0.05, 0.1) is 0 Å². The summed E-state index contributed by atoms with van der Waals surface area (Å²) in [5.41, 5.74) is -0.187. The molecular formula is C22H34N2O3. The average molecular weight is 375 g/mol. The van der Waals surface area contributed by atoms with Gasteiger partial charge in [-0.05, 0) is 51.0 Å². The van der Waals surface area contributed by atoms with E-state index in [2.05, 4.69) is 26.1 Å². The van der Waals surface area contributed by atoms with Crippen LogP contribution in [0.15, 0.2) is 30.3 Å². The molecule has 1 N–H and O–H groups in total. The van der Waals surface area contributed by atoms with Crippen LogP contribution in [0, 0.1) is 5.41 Å². The molecule has 0 aromatic heterocycles. The van der Waals surface area contributed by atoms with Crippen LogP contribution in [-0.4, -0.2) is 34.5 Å². The molecule has 1 heterocycles. The Bertz CT molecular complexity index is 664. The molecule has 150 valence electrons. The van der Waals surface area contributed by atoms with Crippen LogP contribution in [0.3, 0.4) is 0 Å². The van der Waals surface area contributed by atoms with E-state index in [1.165, 1.54) is 0 Å². The molecule has 1 aromatic rings. The standard InChI is InChI=1S/C22H34N2O3/c1-20(2,3)16-21(4,5)23-18(25)22(6)13-10-14-24(22)19(26)27-15-17-11-8-7-9-12-17/h7-9,11-12H,10,13-16H2,1-6H3,(H,23,25). The quantitative estimate of drug-likeness (QED) is 0.825. The Balaban J connectivity index is 2.03. The van der Waals surface area contributed by atoms with Crippen LogP contribution < -0.4 is 5.32 Å². The molecule has 1 fully saturated rings. The second-order valence-electron chi connectivity index (χ2n) is 9.64. The molecule has 1 aliphatic heterocycles. The van der Waals surface area contributed by atoms with Gasteiger partial charge in [0.1, 0.15) is 12.1 Å². The van der Waals surface area contributed by atoms with Crippen molar-refractivity contribution in [2.24, 2.45) is 5.41 Å². The molecule has 1 atom stereocenters. The molecule has 2 amide bonds. The maximum Gasteiger partial charge on any atom is 0.410 e. The van der Waals surface area contributed by atoms with Crippen LogP contribution in [0.5, 0.6) is 0 Å². The number of rotatable bonds is 5. The molecule has 2 rings (SSSR count). The van der Waals surface area contributed by atoms with Gasteiger partial charge in [-0.2, -0.15) is 0 Å². The van der Waals surface area contributed by atoms with Crippen molar-refractivity contribution in [3.63, 3.8) is 0 Å². The Morgan fingerprint density at radius 2 is 1.78 bits per heavy atom. The Labute approximate surface area is 163 Å². The fraction of sp³-hybridized carbons (Fsp3) is 0.636. The van der Waals surface area contributed by atoms with Crippen LogP contribution in [-0.2, 0) is 16.1 Å². The van der Waals surface area contributed by atoms with Gasteiger partial charge in [0.25, 0.3) is 0 Å². The summed E-state index contributed by atoms with van der Waals surface area (Å²) in [6.07, 6.45) is 1.86. The van der Waals surface area contributed by atoms with E-state index < -0.39 is 11.6 Å². The molecular weight excluding hydrogens is 340 g/mol. The lowest BCUT2D eigenvalue weighted by atomic mass is 9.81. The van der Waals surface area contributed by atoms with Crippen molar-refractivity contribution in [3.8, 4) is 0 Å². The van der Waals surface area contributed by atoms with E-state index in [9.17, 15) is 9.59 Å². The van der Waals surface area contributed by atoms with Crippen molar-refractivity contribution in [1.29, 1.82) is 0 Å². The number of hydrogen-bond donors (Lipinski definition) is 1. The van der Waals surface area contributed by atoms with Crippen molar-refractivity contribution in [1.82, 2.24) is 10.2 Å². The fourth-order valence-corrected chi connectivity index (χ4v) is 4.10. The van der Waals surface area contributed by atoms with Crippen molar-refractivity contribution in [3.05, 3.63) is 35.9 Å². The van der Waals surface area contributed by atoms with Crippen molar-refractivity contribution in [2.45, 2.75) is 78.5 Å². The Hall–Kier alpha value is -2.04. The number of hydrogen-bond acceptors (Lipinski definition) is 3. The van der Waals surface area contributed by atoms with Crippen LogP contribution in [0.25, 0.3) is 0 Å². The fourth-order valence-electron chi connectivity index (χ4n) is 4.10. The predicted molar refractivity (Wildman–Crippen MR) is 107 cm³/mol. The van der Waals surface area contributed by atoms with Gasteiger partial charge < -0.3 is 10.1 Å². The molecule has 1 aliphatic rings. The number of likely N-dealkylation sites (tertiary alicyclic amines) is 1. The predicted octanol–water partition coefficient (Wildman–Crippen LogP) is 4.51. The van der Waals surface area contributed by atoms with Gasteiger partial charge in [0.15, 0.2) is 0 Å². The van der Waals surface area contributed by atoms with Gasteiger partial charge in [-0.1, -0.05) is 51.1 Å². The Morgan fingerprint density at radius 3 is 2.37 bits per heavy atom. The summed E-state index contributed by atoms with van der Waals surface area (Å²) >= 11 is 0. The summed E-state index contributed by atoms with van der Waals surface area (Å²) in [6.45, 7) is 13.1. The van der Waals surface area contributed by atoms with E-state index >= 15 is 0 Å². The highest BCUT2D eigenvalue weighted by atomic mass is 16.6. The maximum atomic E-state index is 13.1. The van der Waals surface area contributed by atoms with E-state index in [0.29, 0.717) is 13.0 Å². The van der Waals surface area contributed by atoms with Gasteiger partial charge in [0, 0.05) is 12.1 Å². The van der Waals surface area contributed by atoms with Gasteiger partial charge in [-0.25, -0.2) is 4.79 Å². The lowest BCUT2D eigenvalue weighted by Crippen LogP contribution is -2.60. The third-order valence-electron chi connectivity index (χ3n) is 4.98. The van der Waals surface area contributed by atoms with E-state index in [-0.39, 0.29) is 23.5 Å². The first-order valence-electron chi connectivity index (χ1n) is 9.74. The number of carbonyl (C=O) groups excluding carboxylic acids is 2. The highest BCUT2D eigenvalue weighted by molar-refractivity contribution is 5.90. The van der Waals surface area contributed by atoms with Crippen LogP contribution in [0.1, 0.15) is 66.4 Å². The lowest BCUT2D eigenvalue weighted by molar-refractivity contribution is -0.132. The normalized spacial score (nSPS) is 20.4. The second kappa shape index (κ2) is 7.91. The molecule has 0 radical (unpaired) electrons. The van der Waals surface area contributed by atoms with Crippen molar-refractivity contribution >= 4 is 12.0 Å². The van der Waals surface area contributed by atoms with Crippen LogP contribution in [0.4, 0.5) is 4.79 Å². The van der Waals surface area contributed by atoms with Gasteiger partial charge in [-0.3, -0.25) is 9.69 Å². The van der Waals surface area contributed by atoms with E-state index in [1.54, 1.807) is 4.90 Å². The monoisotopic (exact) mass is 374 g/mol. The third kappa shape index (κ3) is 5.72. The van der Waals surface area contributed by atoms with Gasteiger partial charge >= 0.3 is 6.09 Å². The lowest BCUT2D eigenvalue weighted by Gasteiger charge is -2.39. The Morgan fingerprint density at radius 1 is 1.15 bits per heavy atom. The maximum absolute atomic E-state index is 13.1. The molecule has 1 unspecified atom stereocenters. The summed E-state index contributed by atoms with van der Waals surface area (Å²) < 4.78 is 5.48. The first-order chi connectivity index (χ1) is 12.4. The van der Waals surface area contributed by atoms with Gasteiger partial charge in [-0.15, -0.1) is 0 Å². The van der Waals surface area contributed by atoms with E-state index in [0.717, 1.165) is 18.4 Å². The number of nitrogens with zero attached hydrogens (tertiary/aromatic N) is 1. The minimum atomic E-state index is -0.872. The first kappa shape index (κ1) is 21.3. The molecule has 0 bridgehead atoms. The van der Waals surface area contributed by atoms with Crippen molar-refractivity contribution < 1.29 is 14.3 Å². The summed E-state index contributed by atoms with van der Waals surface area (Å²) in [4.78, 5) is 27.3. The topological polar surface area (TPSA) is 58.6 Å². The first-order valence-corrected chi connectivity index (χ1v) is 9.74. The SMILES string of the molecule is CC(C)(C)CC(C)(C)NC(=O)C1(C)CCCN1C(=O)OCc1ccccc1. The summed E-state index contributed by atoms with van der Waals surface area (Å²) in [5.74, 6) is -0.106. The molecule has 5 heteroatoms. The minimum Gasteiger partial charge on any atom is -0.445 e. The summed E-state index contributed by atoms with van der Waals surface area (Å²) in [6, 6.07) is 9.57. The number of carbonyl (C=O) groups is 2. The minimum absolute atomic E-state index is 0.0989. The zero-order chi connectivity index (χ0) is 20.3. The molecule has 27 heavy (non-hydrogen) atoms. The number of benzene rings is 1. The largest absolute Gasteiger partial charge is 0.445 e. The van der Waals surface area contributed by atoms with E-state index in [1.807, 2.05) is 51.1 Å². The molecule has 1 aromatic carbocycles. The van der Waals surface area contributed by atoms with E-state index in [4.69, 9.17) is 4.74 Å². The number of nitrogens with one attached hydrogen (secondary N) is 1. The highest BCUT2D eigenvalue weighted by Gasteiger charge is 2.47. The number of ether oxygens (including phenoxy) is 1. The molecule has 0 spiro atoms. The zero-order valence-corrected chi connectivity index (χ0v) is 17.6. The third-order valence-corrected chi connectivity index (χ3v) is 4.98. The molecule has 0 aliphatic carbocycles. The zero-order valence-electron chi connectivity index (χ0n) is 17.6. The molecule has 1 saturated heterocycles. The second-order valence-corrected chi connectivity index (χ2v) is 9.64. The Kier molecular flexibility index (Phi) is 6.23. The molecule has 5 nitrogen and oxygen atoms in total.